The van der Waals surface area contributed by atoms with Crippen molar-refractivity contribution < 1.29 is 24.5 Å². The number of hydrogen-bond acceptors (Lipinski definition) is 4. The molecule has 1 aromatic rings. The number of ether oxygens (including phenoxy) is 1. The van der Waals surface area contributed by atoms with E-state index in [1.54, 1.807) is 30.3 Å². The number of hydrogen-bond donors (Lipinski definition) is 2. The Kier molecular flexibility index (Phi) is 6.02. The van der Waals surface area contributed by atoms with Gasteiger partial charge in [-0.25, -0.2) is 0 Å². The summed E-state index contributed by atoms with van der Waals surface area (Å²) in [6.45, 7) is 1.91. The molecule has 5 nitrogen and oxygen atoms in total. The normalized spacial score (nSPS) is 13.6. The molecule has 0 aliphatic heterocycles. The van der Waals surface area contributed by atoms with Crippen molar-refractivity contribution in [1.29, 1.82) is 0 Å². The van der Waals surface area contributed by atoms with E-state index in [0.717, 1.165) is 6.42 Å². The molecule has 104 valence electrons. The molecule has 0 aliphatic rings. The van der Waals surface area contributed by atoms with Crippen molar-refractivity contribution in [2.24, 2.45) is 5.92 Å². The number of benzene rings is 1. The van der Waals surface area contributed by atoms with E-state index < -0.39 is 24.1 Å². The van der Waals surface area contributed by atoms with E-state index in [2.05, 4.69) is 0 Å². The molecular weight excluding hydrogens is 248 g/mol. The molecule has 0 saturated heterocycles. The molecular formula is C14H18O5. The molecule has 19 heavy (non-hydrogen) atoms. The zero-order valence-electron chi connectivity index (χ0n) is 10.8. The Labute approximate surface area is 111 Å². The minimum atomic E-state index is -1.43. The van der Waals surface area contributed by atoms with Crippen molar-refractivity contribution in [3.05, 3.63) is 35.9 Å². The van der Waals surface area contributed by atoms with Crippen LogP contribution in [-0.2, 0) is 14.3 Å². The highest BCUT2D eigenvalue weighted by molar-refractivity contribution is 5.93. The van der Waals surface area contributed by atoms with Crippen LogP contribution in [0.5, 0.6) is 0 Å². The van der Waals surface area contributed by atoms with Crippen molar-refractivity contribution in [3.63, 3.8) is 0 Å². The second-order valence-electron chi connectivity index (χ2n) is 4.23. The molecule has 0 aliphatic carbocycles. The Balaban J connectivity index is 2.63. The summed E-state index contributed by atoms with van der Waals surface area (Å²) in [5, 5.41) is 18.7. The summed E-state index contributed by atoms with van der Waals surface area (Å²) >= 11 is 0. The quantitative estimate of drug-likeness (QED) is 0.448. The van der Waals surface area contributed by atoms with Crippen molar-refractivity contribution in [1.82, 2.24) is 0 Å². The number of aliphatic hydroxyl groups is 1. The zero-order chi connectivity index (χ0) is 14.3. The van der Waals surface area contributed by atoms with Crippen LogP contribution in [0.3, 0.4) is 0 Å². The topological polar surface area (TPSA) is 83.8 Å². The second-order valence-corrected chi connectivity index (χ2v) is 4.23. The number of aliphatic hydroxyl groups excluding tert-OH is 1. The van der Waals surface area contributed by atoms with Crippen LogP contribution in [0.2, 0.25) is 0 Å². The van der Waals surface area contributed by atoms with Gasteiger partial charge in [0.05, 0.1) is 0 Å². The molecule has 0 spiro atoms. The largest absolute Gasteiger partial charge is 0.481 e. The van der Waals surface area contributed by atoms with Gasteiger partial charge in [0.1, 0.15) is 0 Å². The molecule has 5 heteroatoms. The first kappa shape index (κ1) is 15.2. The molecule has 0 aromatic heterocycles. The summed E-state index contributed by atoms with van der Waals surface area (Å²) in [6.07, 6.45) is 0.190. The molecule has 2 N–H and O–H groups in total. The van der Waals surface area contributed by atoms with E-state index in [9.17, 15) is 14.7 Å². The fourth-order valence-electron chi connectivity index (χ4n) is 1.63. The second kappa shape index (κ2) is 7.53. The van der Waals surface area contributed by atoms with Gasteiger partial charge in [0.2, 0.25) is 6.29 Å². The van der Waals surface area contributed by atoms with E-state index >= 15 is 0 Å². The Bertz CT molecular complexity index is 415. The van der Waals surface area contributed by atoms with Crippen molar-refractivity contribution >= 4 is 11.9 Å². The molecule has 0 saturated carbocycles. The van der Waals surface area contributed by atoms with Crippen LogP contribution in [0, 0.1) is 5.92 Å². The number of esters is 1. The first-order valence-electron chi connectivity index (χ1n) is 6.22. The number of unbranched alkanes of at least 4 members (excludes halogenated alkanes) is 1. The highest BCUT2D eigenvalue weighted by atomic mass is 16.6. The summed E-state index contributed by atoms with van der Waals surface area (Å²) < 4.78 is 4.79. The van der Waals surface area contributed by atoms with Crippen molar-refractivity contribution in [2.75, 3.05) is 0 Å². The first-order chi connectivity index (χ1) is 9.06. The van der Waals surface area contributed by atoms with Gasteiger partial charge in [0, 0.05) is 5.56 Å². The predicted molar refractivity (Wildman–Crippen MR) is 68.1 cm³/mol. The van der Waals surface area contributed by atoms with Gasteiger partial charge in [-0.2, -0.15) is 0 Å². The van der Waals surface area contributed by atoms with E-state index in [4.69, 9.17) is 9.84 Å². The lowest BCUT2D eigenvalue weighted by molar-refractivity contribution is -0.178. The fourth-order valence-corrected chi connectivity index (χ4v) is 1.63. The number of rotatable bonds is 7. The third-order valence-corrected chi connectivity index (χ3v) is 2.74. The fraction of sp³-hybridized carbons (Fsp3) is 0.429. The summed E-state index contributed by atoms with van der Waals surface area (Å²) in [6, 6.07) is 8.34. The van der Waals surface area contributed by atoms with Crippen LogP contribution in [0.4, 0.5) is 0 Å². The van der Waals surface area contributed by atoms with Gasteiger partial charge < -0.3 is 14.9 Å². The van der Waals surface area contributed by atoms with Crippen LogP contribution in [0.15, 0.2) is 30.3 Å². The maximum absolute atomic E-state index is 11.7. The van der Waals surface area contributed by atoms with Crippen LogP contribution in [0.25, 0.3) is 0 Å². The molecule has 2 atom stereocenters. The van der Waals surface area contributed by atoms with Gasteiger partial charge in [0.25, 0.3) is 0 Å². The summed E-state index contributed by atoms with van der Waals surface area (Å²) in [4.78, 5) is 22.7. The minimum Gasteiger partial charge on any atom is -0.481 e. The Morgan fingerprint density at radius 2 is 1.89 bits per heavy atom. The van der Waals surface area contributed by atoms with Gasteiger partial charge in [-0.1, -0.05) is 50.1 Å². The summed E-state index contributed by atoms with van der Waals surface area (Å²) in [7, 11) is 0. The predicted octanol–water partition coefficient (Wildman–Crippen LogP) is 2.11. The number of carboxylic acid groups (broad SMARTS) is 1. The van der Waals surface area contributed by atoms with E-state index in [1.165, 1.54) is 0 Å². The van der Waals surface area contributed by atoms with Crippen LogP contribution in [-0.4, -0.2) is 22.2 Å². The zero-order valence-corrected chi connectivity index (χ0v) is 10.8. The summed E-state index contributed by atoms with van der Waals surface area (Å²) in [5.74, 6) is -3.35. The molecule has 1 aromatic carbocycles. The van der Waals surface area contributed by atoms with Gasteiger partial charge in [-0.05, 0) is 6.42 Å². The average Bonchev–Trinajstić information content (AvgIpc) is 2.39. The first-order valence-corrected chi connectivity index (χ1v) is 6.22. The number of carboxylic acids is 1. The van der Waals surface area contributed by atoms with Crippen LogP contribution in [0.1, 0.15) is 38.0 Å². The molecule has 0 fully saturated rings. The average molecular weight is 266 g/mol. The van der Waals surface area contributed by atoms with E-state index in [0.29, 0.717) is 12.0 Å². The standard InChI is InChI=1S/C14H18O5/c1-2-3-9-11(12(15)16)14(18)19-13(17)10-7-5-4-6-8-10/h4-8,11,13,17H,2-3,9H2,1H3,(H,15,16). The number of aliphatic carboxylic acids is 1. The molecule has 0 radical (unpaired) electrons. The van der Waals surface area contributed by atoms with Gasteiger partial charge >= 0.3 is 11.9 Å². The molecule has 0 bridgehead atoms. The number of carbonyl (C=O) groups is 2. The third kappa shape index (κ3) is 4.71. The van der Waals surface area contributed by atoms with Gasteiger partial charge in [0.15, 0.2) is 5.92 Å². The Morgan fingerprint density at radius 3 is 2.42 bits per heavy atom. The maximum atomic E-state index is 11.7. The molecule has 1 rings (SSSR count). The van der Waals surface area contributed by atoms with Gasteiger partial charge in [-0.3, -0.25) is 9.59 Å². The van der Waals surface area contributed by atoms with Crippen molar-refractivity contribution in [2.45, 2.75) is 32.5 Å². The highest BCUT2D eigenvalue weighted by Gasteiger charge is 2.29. The monoisotopic (exact) mass is 266 g/mol. The lowest BCUT2D eigenvalue weighted by Crippen LogP contribution is -2.27. The third-order valence-electron chi connectivity index (χ3n) is 2.74. The number of carbonyl (C=O) groups excluding carboxylic acids is 1. The lowest BCUT2D eigenvalue weighted by Gasteiger charge is -2.16. The van der Waals surface area contributed by atoms with E-state index in [-0.39, 0.29) is 6.42 Å². The minimum absolute atomic E-state index is 0.214. The van der Waals surface area contributed by atoms with Crippen LogP contribution >= 0.6 is 0 Å². The van der Waals surface area contributed by atoms with E-state index in [1.807, 2.05) is 6.92 Å². The Hall–Kier alpha value is -1.88. The molecule has 2 unspecified atom stereocenters. The van der Waals surface area contributed by atoms with Gasteiger partial charge in [-0.15, -0.1) is 0 Å². The molecule has 0 heterocycles. The lowest BCUT2D eigenvalue weighted by atomic mass is 10.0. The molecule has 0 amide bonds. The summed E-state index contributed by atoms with van der Waals surface area (Å²) in [5.41, 5.74) is 0.412. The van der Waals surface area contributed by atoms with Crippen LogP contribution < -0.4 is 0 Å². The van der Waals surface area contributed by atoms with Crippen molar-refractivity contribution in [3.8, 4) is 0 Å². The SMILES string of the molecule is CCCCC(C(=O)O)C(=O)OC(O)c1ccccc1. The maximum Gasteiger partial charge on any atom is 0.322 e. The highest BCUT2D eigenvalue weighted by Crippen LogP contribution is 2.18. The Morgan fingerprint density at radius 1 is 1.26 bits per heavy atom. The smallest absolute Gasteiger partial charge is 0.322 e.